The molecule has 1 aliphatic heterocycles. The molecule has 2 aromatic rings. The van der Waals surface area contributed by atoms with Crippen LogP contribution in [0.4, 0.5) is 4.39 Å². The number of esters is 1. The van der Waals surface area contributed by atoms with Gasteiger partial charge in [-0.2, -0.15) is 0 Å². The van der Waals surface area contributed by atoms with E-state index in [0.717, 1.165) is 16.8 Å². The maximum absolute atomic E-state index is 13.6. The molecule has 0 unspecified atom stereocenters. The summed E-state index contributed by atoms with van der Waals surface area (Å²) in [6.45, 7) is 7.57. The van der Waals surface area contributed by atoms with Crippen LogP contribution in [0.3, 0.4) is 0 Å². The molecular weight excluding hydrogens is 359 g/mol. The Bertz CT molecular complexity index is 867. The van der Waals surface area contributed by atoms with E-state index < -0.39 is 0 Å². The second-order valence-corrected chi connectivity index (χ2v) is 7.35. The largest absolute Gasteiger partial charge is 0.466 e. The molecule has 28 heavy (non-hydrogen) atoms. The number of carbonyl (C=O) groups excluding carboxylic acids is 2. The minimum atomic E-state index is -0.284. The second-order valence-electron chi connectivity index (χ2n) is 7.35. The molecule has 0 N–H and O–H groups in total. The highest BCUT2D eigenvalue weighted by molar-refractivity contribution is 5.94. The number of amides is 1. The standard InChI is InChI=1S/C22H27FN2O3/c1-4-28-22(27)18-8-10-24(11-9-18)21(26)20-15(2)12-16(3)25(20)14-17-6-5-7-19(23)13-17/h5-7,12-13,18H,4,8-11,14H2,1-3H3. The topological polar surface area (TPSA) is 51.5 Å². The molecule has 1 aromatic heterocycles. The Morgan fingerprint density at radius 2 is 1.89 bits per heavy atom. The van der Waals surface area contributed by atoms with Crippen molar-refractivity contribution in [2.24, 2.45) is 5.92 Å². The molecule has 1 aliphatic rings. The highest BCUT2D eigenvalue weighted by Gasteiger charge is 2.30. The van der Waals surface area contributed by atoms with E-state index in [0.29, 0.717) is 44.8 Å². The number of likely N-dealkylation sites (tertiary alicyclic amines) is 1. The van der Waals surface area contributed by atoms with E-state index in [2.05, 4.69) is 0 Å². The molecule has 1 aromatic carbocycles. The van der Waals surface area contributed by atoms with Gasteiger partial charge in [-0.1, -0.05) is 12.1 Å². The molecule has 0 saturated carbocycles. The van der Waals surface area contributed by atoms with Gasteiger partial charge in [-0.15, -0.1) is 0 Å². The number of carbonyl (C=O) groups is 2. The Morgan fingerprint density at radius 1 is 1.18 bits per heavy atom. The third-order valence-electron chi connectivity index (χ3n) is 5.33. The van der Waals surface area contributed by atoms with Gasteiger partial charge in [-0.05, 0) is 62.9 Å². The summed E-state index contributed by atoms with van der Waals surface area (Å²) in [6.07, 6.45) is 1.24. The number of halogens is 1. The van der Waals surface area contributed by atoms with E-state index in [1.54, 1.807) is 17.9 Å². The summed E-state index contributed by atoms with van der Waals surface area (Å²) in [4.78, 5) is 27.0. The molecule has 0 bridgehead atoms. The lowest BCUT2D eigenvalue weighted by molar-refractivity contribution is -0.149. The van der Waals surface area contributed by atoms with Gasteiger partial charge in [0.05, 0.1) is 12.5 Å². The number of hydrogen-bond acceptors (Lipinski definition) is 3. The predicted octanol–water partition coefficient (Wildman–Crippen LogP) is 3.71. The van der Waals surface area contributed by atoms with E-state index in [9.17, 15) is 14.0 Å². The Kier molecular flexibility index (Phi) is 6.17. The summed E-state index contributed by atoms with van der Waals surface area (Å²) in [7, 11) is 0. The first kappa shape index (κ1) is 20.1. The van der Waals surface area contributed by atoms with E-state index >= 15 is 0 Å². The number of hydrogen-bond donors (Lipinski definition) is 0. The number of piperidine rings is 1. The van der Waals surface area contributed by atoms with Crippen molar-refractivity contribution in [1.82, 2.24) is 9.47 Å². The molecule has 3 rings (SSSR count). The fourth-order valence-corrected chi connectivity index (χ4v) is 3.88. The molecule has 150 valence electrons. The molecule has 0 aliphatic carbocycles. The molecule has 0 radical (unpaired) electrons. The van der Waals surface area contributed by atoms with Crippen LogP contribution in [0.1, 0.15) is 47.1 Å². The summed E-state index contributed by atoms with van der Waals surface area (Å²) < 4.78 is 20.6. The summed E-state index contributed by atoms with van der Waals surface area (Å²) in [5.74, 6) is -0.626. The van der Waals surface area contributed by atoms with E-state index in [4.69, 9.17) is 4.74 Å². The van der Waals surface area contributed by atoms with Gasteiger partial charge in [0.15, 0.2) is 0 Å². The Hall–Kier alpha value is -2.63. The third kappa shape index (κ3) is 4.26. The van der Waals surface area contributed by atoms with Crippen molar-refractivity contribution in [3.05, 3.63) is 58.7 Å². The van der Waals surface area contributed by atoms with Crippen LogP contribution in [0.15, 0.2) is 30.3 Å². The van der Waals surface area contributed by atoms with Crippen molar-refractivity contribution in [3.63, 3.8) is 0 Å². The van der Waals surface area contributed by atoms with Gasteiger partial charge >= 0.3 is 5.97 Å². The van der Waals surface area contributed by atoms with E-state index in [1.165, 1.54) is 12.1 Å². The third-order valence-corrected chi connectivity index (χ3v) is 5.33. The Morgan fingerprint density at radius 3 is 2.54 bits per heavy atom. The SMILES string of the molecule is CCOC(=O)C1CCN(C(=O)c2c(C)cc(C)n2Cc2cccc(F)c2)CC1. The molecule has 0 spiro atoms. The van der Waals surface area contributed by atoms with Crippen LogP contribution >= 0.6 is 0 Å². The molecule has 1 saturated heterocycles. The van der Waals surface area contributed by atoms with Crippen LogP contribution < -0.4 is 0 Å². The van der Waals surface area contributed by atoms with Crippen LogP contribution in [0.25, 0.3) is 0 Å². The monoisotopic (exact) mass is 386 g/mol. The summed E-state index contributed by atoms with van der Waals surface area (Å²) in [6, 6.07) is 8.43. The van der Waals surface area contributed by atoms with Crippen LogP contribution in [0.2, 0.25) is 0 Å². The van der Waals surface area contributed by atoms with Crippen molar-refractivity contribution in [2.45, 2.75) is 40.2 Å². The van der Waals surface area contributed by atoms with Crippen LogP contribution in [-0.2, 0) is 16.1 Å². The first-order valence-electron chi connectivity index (χ1n) is 9.77. The maximum Gasteiger partial charge on any atom is 0.309 e. The van der Waals surface area contributed by atoms with Crippen molar-refractivity contribution >= 4 is 11.9 Å². The minimum Gasteiger partial charge on any atom is -0.466 e. The van der Waals surface area contributed by atoms with E-state index in [-0.39, 0.29) is 23.6 Å². The first-order chi connectivity index (χ1) is 13.4. The quantitative estimate of drug-likeness (QED) is 0.736. The number of rotatable bonds is 5. The van der Waals surface area contributed by atoms with Gasteiger partial charge in [0.2, 0.25) is 0 Å². The summed E-state index contributed by atoms with van der Waals surface area (Å²) in [5.41, 5.74) is 3.32. The molecule has 2 heterocycles. The van der Waals surface area contributed by atoms with Crippen molar-refractivity contribution in [3.8, 4) is 0 Å². The lowest BCUT2D eigenvalue weighted by atomic mass is 9.96. The fraction of sp³-hybridized carbons (Fsp3) is 0.455. The van der Waals surface area contributed by atoms with Crippen molar-refractivity contribution < 1.29 is 18.7 Å². The number of aromatic nitrogens is 1. The zero-order chi connectivity index (χ0) is 20.3. The molecule has 5 nitrogen and oxygen atoms in total. The molecular formula is C22H27FN2O3. The average Bonchev–Trinajstić information content (AvgIpc) is 2.94. The van der Waals surface area contributed by atoms with Gasteiger partial charge in [0.25, 0.3) is 5.91 Å². The van der Waals surface area contributed by atoms with Gasteiger partial charge in [0, 0.05) is 25.3 Å². The predicted molar refractivity (Wildman–Crippen MR) is 105 cm³/mol. The summed E-state index contributed by atoms with van der Waals surface area (Å²) in [5, 5.41) is 0. The van der Waals surface area contributed by atoms with Crippen molar-refractivity contribution in [1.29, 1.82) is 0 Å². The van der Waals surface area contributed by atoms with Crippen LogP contribution in [-0.4, -0.2) is 41.0 Å². The van der Waals surface area contributed by atoms with Gasteiger partial charge in [-0.25, -0.2) is 4.39 Å². The number of aryl methyl sites for hydroxylation is 2. The zero-order valence-corrected chi connectivity index (χ0v) is 16.7. The van der Waals surface area contributed by atoms with Gasteiger partial charge < -0.3 is 14.2 Å². The number of ether oxygens (including phenoxy) is 1. The lowest BCUT2D eigenvalue weighted by Crippen LogP contribution is -2.41. The second kappa shape index (κ2) is 8.59. The molecule has 0 atom stereocenters. The fourth-order valence-electron chi connectivity index (χ4n) is 3.88. The highest BCUT2D eigenvalue weighted by Crippen LogP contribution is 2.24. The van der Waals surface area contributed by atoms with Gasteiger partial charge in [0.1, 0.15) is 11.5 Å². The number of nitrogens with zero attached hydrogens (tertiary/aromatic N) is 2. The van der Waals surface area contributed by atoms with Gasteiger partial charge in [-0.3, -0.25) is 9.59 Å². The smallest absolute Gasteiger partial charge is 0.309 e. The van der Waals surface area contributed by atoms with E-state index in [1.807, 2.05) is 30.5 Å². The van der Waals surface area contributed by atoms with Crippen LogP contribution in [0, 0.1) is 25.6 Å². The maximum atomic E-state index is 13.6. The zero-order valence-electron chi connectivity index (χ0n) is 16.7. The first-order valence-corrected chi connectivity index (χ1v) is 9.77. The molecule has 1 amide bonds. The van der Waals surface area contributed by atoms with Crippen LogP contribution in [0.5, 0.6) is 0 Å². The lowest BCUT2D eigenvalue weighted by Gasteiger charge is -2.31. The highest BCUT2D eigenvalue weighted by atomic mass is 19.1. The average molecular weight is 386 g/mol. The molecule has 6 heteroatoms. The Labute approximate surface area is 165 Å². The number of benzene rings is 1. The minimum absolute atomic E-state index is 0.0377. The summed E-state index contributed by atoms with van der Waals surface area (Å²) >= 11 is 0. The molecule has 1 fully saturated rings. The van der Waals surface area contributed by atoms with Crippen molar-refractivity contribution in [2.75, 3.05) is 19.7 Å². The normalized spacial score (nSPS) is 14.9. The Balaban J connectivity index is 1.76.